The minimum Gasteiger partial charge on any atom is -0.495 e. The summed E-state index contributed by atoms with van der Waals surface area (Å²) in [6.07, 6.45) is 4.74. The Morgan fingerprint density at radius 3 is 2.68 bits per heavy atom. The molecule has 0 bridgehead atoms. The molecule has 0 aliphatic carbocycles. The molecule has 0 saturated heterocycles. The molecule has 2 N–H and O–H groups in total. The third kappa shape index (κ3) is 4.11. The van der Waals surface area contributed by atoms with Gasteiger partial charge in [0, 0.05) is 12.4 Å². The summed E-state index contributed by atoms with van der Waals surface area (Å²) in [6.45, 7) is 2.01. The predicted octanol–water partition coefficient (Wildman–Crippen LogP) is 3.79. The van der Waals surface area contributed by atoms with Crippen LogP contribution in [0.3, 0.4) is 0 Å². The zero-order valence-corrected chi connectivity index (χ0v) is 14.0. The van der Waals surface area contributed by atoms with Gasteiger partial charge >= 0.3 is 0 Å². The highest BCUT2D eigenvalue weighted by Crippen LogP contribution is 2.28. The molecule has 0 unspecified atom stereocenters. The number of anilines is 3. The highest BCUT2D eigenvalue weighted by molar-refractivity contribution is 6.03. The van der Waals surface area contributed by atoms with Crippen molar-refractivity contribution in [2.75, 3.05) is 17.7 Å². The summed E-state index contributed by atoms with van der Waals surface area (Å²) in [5, 5.41) is 6.00. The normalized spacial score (nSPS) is 10.2. The summed E-state index contributed by atoms with van der Waals surface area (Å²) < 4.78 is 5.34. The molecule has 0 aliphatic heterocycles. The number of pyridine rings is 2. The second kappa shape index (κ2) is 7.44. The molecule has 25 heavy (non-hydrogen) atoms. The van der Waals surface area contributed by atoms with Gasteiger partial charge in [-0.3, -0.25) is 9.78 Å². The Labute approximate surface area is 145 Å². The van der Waals surface area contributed by atoms with E-state index in [-0.39, 0.29) is 5.91 Å². The quantitative estimate of drug-likeness (QED) is 0.742. The van der Waals surface area contributed by atoms with Crippen LogP contribution in [0.25, 0.3) is 0 Å². The smallest absolute Gasteiger partial charge is 0.257 e. The first-order chi connectivity index (χ1) is 12.2. The van der Waals surface area contributed by atoms with Crippen LogP contribution in [0.5, 0.6) is 5.75 Å². The van der Waals surface area contributed by atoms with Crippen LogP contribution < -0.4 is 15.4 Å². The van der Waals surface area contributed by atoms with E-state index in [9.17, 15) is 4.79 Å². The second-order valence-electron chi connectivity index (χ2n) is 5.46. The van der Waals surface area contributed by atoms with Crippen LogP contribution in [-0.4, -0.2) is 23.0 Å². The number of nitrogens with zero attached hydrogens (tertiary/aromatic N) is 2. The Bertz CT molecular complexity index is 864. The van der Waals surface area contributed by atoms with Gasteiger partial charge in [-0.25, -0.2) is 4.98 Å². The number of carbonyl (C=O) groups is 1. The number of hydrogen-bond donors (Lipinski definition) is 2. The van der Waals surface area contributed by atoms with Crippen LogP contribution in [0.15, 0.2) is 61.1 Å². The van der Waals surface area contributed by atoms with Crippen molar-refractivity contribution in [1.82, 2.24) is 9.97 Å². The molecule has 0 spiro atoms. The summed E-state index contributed by atoms with van der Waals surface area (Å²) in [5.74, 6) is 1.17. The van der Waals surface area contributed by atoms with E-state index >= 15 is 0 Å². The SMILES string of the molecule is COc1ccc(C)cc1Nc1ccc(NC(=O)c2cccnc2)cn1. The van der Waals surface area contributed by atoms with Crippen molar-refractivity contribution < 1.29 is 9.53 Å². The molecule has 0 saturated carbocycles. The Hall–Kier alpha value is -3.41. The fourth-order valence-corrected chi connectivity index (χ4v) is 2.30. The van der Waals surface area contributed by atoms with E-state index < -0.39 is 0 Å². The zero-order valence-electron chi connectivity index (χ0n) is 14.0. The van der Waals surface area contributed by atoms with E-state index in [0.717, 1.165) is 17.0 Å². The van der Waals surface area contributed by atoms with Gasteiger partial charge in [0.1, 0.15) is 11.6 Å². The topological polar surface area (TPSA) is 76.1 Å². The molecule has 0 atom stereocenters. The maximum atomic E-state index is 12.1. The number of benzene rings is 1. The third-order valence-corrected chi connectivity index (χ3v) is 3.56. The minimum absolute atomic E-state index is 0.226. The average Bonchev–Trinajstić information content (AvgIpc) is 2.64. The molecule has 1 aromatic carbocycles. The third-order valence-electron chi connectivity index (χ3n) is 3.56. The van der Waals surface area contributed by atoms with Crippen LogP contribution in [0, 0.1) is 6.92 Å². The molecule has 6 nitrogen and oxygen atoms in total. The number of carbonyl (C=O) groups excluding carboxylic acids is 1. The van der Waals surface area contributed by atoms with Crippen molar-refractivity contribution in [2.24, 2.45) is 0 Å². The lowest BCUT2D eigenvalue weighted by atomic mass is 10.2. The van der Waals surface area contributed by atoms with Gasteiger partial charge in [0.15, 0.2) is 0 Å². The lowest BCUT2D eigenvalue weighted by Gasteiger charge is -2.12. The predicted molar refractivity (Wildman–Crippen MR) is 97.4 cm³/mol. The number of aromatic nitrogens is 2. The Balaban J connectivity index is 1.70. The van der Waals surface area contributed by atoms with Crippen LogP contribution in [0.4, 0.5) is 17.2 Å². The van der Waals surface area contributed by atoms with Gasteiger partial charge in [-0.1, -0.05) is 6.07 Å². The molecule has 126 valence electrons. The standard InChI is InChI=1S/C19H18N4O2/c1-13-5-7-17(25-2)16(10-13)23-18-8-6-15(12-21-18)22-19(24)14-4-3-9-20-11-14/h3-12H,1-2H3,(H,21,23)(H,22,24). The van der Waals surface area contributed by atoms with E-state index in [2.05, 4.69) is 20.6 Å². The van der Waals surface area contributed by atoms with Gasteiger partial charge in [0.2, 0.25) is 0 Å². The Kier molecular flexibility index (Phi) is 4.89. The van der Waals surface area contributed by atoms with Crippen LogP contribution in [0.1, 0.15) is 15.9 Å². The second-order valence-corrected chi connectivity index (χ2v) is 5.46. The summed E-state index contributed by atoms with van der Waals surface area (Å²) >= 11 is 0. The molecule has 3 aromatic rings. The summed E-state index contributed by atoms with van der Waals surface area (Å²) in [6, 6.07) is 12.9. The fourth-order valence-electron chi connectivity index (χ4n) is 2.30. The van der Waals surface area contributed by atoms with Crippen LogP contribution >= 0.6 is 0 Å². The van der Waals surface area contributed by atoms with Crippen molar-refractivity contribution in [3.8, 4) is 5.75 Å². The monoisotopic (exact) mass is 334 g/mol. The lowest BCUT2D eigenvalue weighted by Crippen LogP contribution is -2.12. The lowest BCUT2D eigenvalue weighted by molar-refractivity contribution is 0.102. The number of hydrogen-bond acceptors (Lipinski definition) is 5. The first-order valence-electron chi connectivity index (χ1n) is 7.75. The maximum Gasteiger partial charge on any atom is 0.257 e. The highest BCUT2D eigenvalue weighted by Gasteiger charge is 2.07. The number of aryl methyl sites for hydroxylation is 1. The molecule has 1 amide bonds. The van der Waals surface area contributed by atoms with E-state index in [1.54, 1.807) is 43.8 Å². The molecule has 2 aromatic heterocycles. The first-order valence-corrected chi connectivity index (χ1v) is 7.75. The summed E-state index contributed by atoms with van der Waals surface area (Å²) in [7, 11) is 1.63. The fraction of sp³-hybridized carbons (Fsp3) is 0.105. The van der Waals surface area contributed by atoms with Gasteiger partial charge in [0.25, 0.3) is 5.91 Å². The number of amides is 1. The largest absolute Gasteiger partial charge is 0.495 e. The van der Waals surface area contributed by atoms with Gasteiger partial charge in [-0.2, -0.15) is 0 Å². The number of ether oxygens (including phenoxy) is 1. The molecule has 2 heterocycles. The van der Waals surface area contributed by atoms with Gasteiger partial charge in [-0.15, -0.1) is 0 Å². The molecule has 3 rings (SSSR count). The van der Waals surface area contributed by atoms with Crippen molar-refractivity contribution in [3.05, 3.63) is 72.2 Å². The molecule has 0 aliphatic rings. The van der Waals surface area contributed by atoms with Crippen molar-refractivity contribution in [2.45, 2.75) is 6.92 Å². The molecule has 0 fully saturated rings. The van der Waals surface area contributed by atoms with E-state index in [1.807, 2.05) is 25.1 Å². The average molecular weight is 334 g/mol. The van der Waals surface area contributed by atoms with Crippen molar-refractivity contribution in [1.29, 1.82) is 0 Å². The minimum atomic E-state index is -0.226. The van der Waals surface area contributed by atoms with Gasteiger partial charge in [-0.05, 0) is 48.9 Å². The van der Waals surface area contributed by atoms with Gasteiger partial charge in [0.05, 0.1) is 30.2 Å². The van der Waals surface area contributed by atoms with Crippen molar-refractivity contribution >= 4 is 23.1 Å². The summed E-state index contributed by atoms with van der Waals surface area (Å²) in [5.41, 5.74) is 3.05. The highest BCUT2D eigenvalue weighted by atomic mass is 16.5. The van der Waals surface area contributed by atoms with Gasteiger partial charge < -0.3 is 15.4 Å². The van der Waals surface area contributed by atoms with Crippen LogP contribution in [-0.2, 0) is 0 Å². The van der Waals surface area contributed by atoms with E-state index in [4.69, 9.17) is 4.74 Å². The number of rotatable bonds is 5. The first kappa shape index (κ1) is 16.4. The zero-order chi connectivity index (χ0) is 17.6. The Morgan fingerprint density at radius 1 is 1.12 bits per heavy atom. The molecule has 0 radical (unpaired) electrons. The van der Waals surface area contributed by atoms with Crippen LogP contribution in [0.2, 0.25) is 0 Å². The van der Waals surface area contributed by atoms with Crippen molar-refractivity contribution in [3.63, 3.8) is 0 Å². The summed E-state index contributed by atoms with van der Waals surface area (Å²) in [4.78, 5) is 20.4. The molecule has 6 heteroatoms. The Morgan fingerprint density at radius 2 is 2.00 bits per heavy atom. The van der Waals surface area contributed by atoms with E-state index in [0.29, 0.717) is 17.1 Å². The number of nitrogens with one attached hydrogen (secondary N) is 2. The van der Waals surface area contributed by atoms with E-state index in [1.165, 1.54) is 6.20 Å². The molecular weight excluding hydrogens is 316 g/mol. The maximum absolute atomic E-state index is 12.1. The molecular formula is C19H18N4O2. The number of methoxy groups -OCH3 is 1.